The van der Waals surface area contributed by atoms with Crippen LogP contribution >= 0.6 is 0 Å². The van der Waals surface area contributed by atoms with Gasteiger partial charge in [0.15, 0.2) is 6.10 Å². The quantitative estimate of drug-likeness (QED) is 0.842. The van der Waals surface area contributed by atoms with Gasteiger partial charge in [0.25, 0.3) is 5.91 Å². The number of carbonyl (C=O) groups excluding carboxylic acids is 2. The van der Waals surface area contributed by atoms with Crippen molar-refractivity contribution in [2.45, 2.75) is 31.9 Å². The van der Waals surface area contributed by atoms with Crippen molar-refractivity contribution in [1.29, 1.82) is 0 Å². The minimum absolute atomic E-state index is 0.0381. The number of likely N-dealkylation sites (N-methyl/N-ethyl adjacent to an activating group) is 1. The van der Waals surface area contributed by atoms with Gasteiger partial charge in [-0.3, -0.25) is 14.5 Å². The molecule has 3 rings (SSSR count). The first-order chi connectivity index (χ1) is 9.97. The molecule has 1 atom stereocenters. The van der Waals surface area contributed by atoms with Gasteiger partial charge in [0.05, 0.1) is 5.69 Å². The van der Waals surface area contributed by atoms with Crippen LogP contribution in [0.25, 0.3) is 0 Å². The first-order valence-electron chi connectivity index (χ1n) is 7.10. The lowest BCUT2D eigenvalue weighted by Gasteiger charge is -2.33. The normalized spacial score (nSPS) is 20.8. The van der Waals surface area contributed by atoms with Gasteiger partial charge >= 0.3 is 0 Å². The van der Waals surface area contributed by atoms with Gasteiger partial charge in [-0.05, 0) is 31.9 Å². The van der Waals surface area contributed by atoms with E-state index in [1.807, 2.05) is 0 Å². The molecular weight excluding hydrogens is 270 g/mol. The Kier molecular flexibility index (Phi) is 3.23. The summed E-state index contributed by atoms with van der Waals surface area (Å²) in [7, 11) is 1.79. The summed E-state index contributed by atoms with van der Waals surface area (Å²) < 4.78 is 5.56. The lowest BCUT2D eigenvalue weighted by Crippen LogP contribution is -2.49. The van der Waals surface area contributed by atoms with Crippen molar-refractivity contribution < 1.29 is 14.3 Å². The fourth-order valence-electron chi connectivity index (χ4n) is 2.50. The molecule has 1 aliphatic heterocycles. The number of carbonyl (C=O) groups is 2. The minimum atomic E-state index is -0.613. The Hall–Kier alpha value is -2.24. The lowest BCUT2D eigenvalue weighted by molar-refractivity contribution is -0.132. The monoisotopic (exact) mass is 289 g/mol. The predicted octanol–water partition coefficient (Wildman–Crippen LogP) is 1.00. The van der Waals surface area contributed by atoms with Crippen LogP contribution in [0.1, 0.15) is 19.8 Å². The smallest absolute Gasteiger partial charge is 0.268 e. The Balaban J connectivity index is 1.86. The summed E-state index contributed by atoms with van der Waals surface area (Å²) in [6.07, 6.45) is 1.48. The highest BCUT2D eigenvalue weighted by atomic mass is 16.5. The standard InChI is InChI=1S/C15H19N3O3/c1-9-15(20)18(8-14(19)17(2)11-4-5-11)12-6-3-10(16)7-13(12)21-9/h3,6-7,9,11H,4-5,8,16H2,1-2H3. The van der Waals surface area contributed by atoms with E-state index in [4.69, 9.17) is 10.5 Å². The largest absolute Gasteiger partial charge is 0.479 e. The van der Waals surface area contributed by atoms with Crippen molar-refractivity contribution in [1.82, 2.24) is 4.90 Å². The number of rotatable bonds is 3. The molecular formula is C15H19N3O3. The summed E-state index contributed by atoms with van der Waals surface area (Å²) in [6, 6.07) is 5.43. The molecule has 6 nitrogen and oxygen atoms in total. The maximum absolute atomic E-state index is 12.3. The maximum Gasteiger partial charge on any atom is 0.268 e. The van der Waals surface area contributed by atoms with E-state index in [1.165, 1.54) is 4.90 Å². The Morgan fingerprint density at radius 2 is 2.19 bits per heavy atom. The minimum Gasteiger partial charge on any atom is -0.479 e. The van der Waals surface area contributed by atoms with Gasteiger partial charge in [-0.25, -0.2) is 0 Å². The van der Waals surface area contributed by atoms with E-state index < -0.39 is 6.10 Å². The second-order valence-corrected chi connectivity index (χ2v) is 5.65. The summed E-state index contributed by atoms with van der Waals surface area (Å²) >= 11 is 0. The Bertz CT molecular complexity index is 598. The molecule has 0 radical (unpaired) electrons. The molecule has 21 heavy (non-hydrogen) atoms. The van der Waals surface area contributed by atoms with Gasteiger partial charge in [-0.2, -0.15) is 0 Å². The number of anilines is 2. The van der Waals surface area contributed by atoms with Crippen LogP contribution in [0, 0.1) is 0 Å². The van der Waals surface area contributed by atoms with Crippen molar-refractivity contribution >= 4 is 23.2 Å². The molecule has 1 aromatic rings. The number of hydrogen-bond acceptors (Lipinski definition) is 4. The fraction of sp³-hybridized carbons (Fsp3) is 0.467. The first-order valence-corrected chi connectivity index (χ1v) is 7.10. The molecule has 0 bridgehead atoms. The van der Waals surface area contributed by atoms with Crippen LogP contribution in [0.3, 0.4) is 0 Å². The lowest BCUT2D eigenvalue weighted by atomic mass is 10.1. The third-order valence-corrected chi connectivity index (χ3v) is 3.97. The van der Waals surface area contributed by atoms with E-state index in [0.29, 0.717) is 23.2 Å². The molecule has 0 saturated heterocycles. The predicted molar refractivity (Wildman–Crippen MR) is 79.1 cm³/mol. The second kappa shape index (κ2) is 4.95. The van der Waals surface area contributed by atoms with E-state index in [0.717, 1.165) is 12.8 Å². The summed E-state index contributed by atoms with van der Waals surface area (Å²) in [4.78, 5) is 27.8. The number of benzene rings is 1. The van der Waals surface area contributed by atoms with Crippen molar-refractivity contribution in [2.75, 3.05) is 24.2 Å². The summed E-state index contributed by atoms with van der Waals surface area (Å²) in [6.45, 7) is 1.72. The van der Waals surface area contributed by atoms with Gasteiger partial charge in [0.1, 0.15) is 12.3 Å². The van der Waals surface area contributed by atoms with Gasteiger partial charge in [0.2, 0.25) is 5.91 Å². The van der Waals surface area contributed by atoms with E-state index >= 15 is 0 Å². The molecule has 6 heteroatoms. The van der Waals surface area contributed by atoms with Crippen LogP contribution in [0.5, 0.6) is 5.75 Å². The molecule has 0 aromatic heterocycles. The third-order valence-electron chi connectivity index (χ3n) is 3.97. The van der Waals surface area contributed by atoms with E-state index in [1.54, 1.807) is 37.1 Å². The average Bonchev–Trinajstić information content (AvgIpc) is 3.27. The van der Waals surface area contributed by atoms with Crippen molar-refractivity contribution in [3.63, 3.8) is 0 Å². The zero-order valence-corrected chi connectivity index (χ0v) is 12.2. The first kappa shape index (κ1) is 13.7. The summed E-state index contributed by atoms with van der Waals surface area (Å²) in [5.74, 6) is 0.288. The highest BCUT2D eigenvalue weighted by Crippen LogP contribution is 2.35. The highest BCUT2D eigenvalue weighted by Gasteiger charge is 2.35. The zero-order valence-electron chi connectivity index (χ0n) is 12.2. The van der Waals surface area contributed by atoms with E-state index in [9.17, 15) is 9.59 Å². The molecule has 2 aliphatic rings. The van der Waals surface area contributed by atoms with Gasteiger partial charge < -0.3 is 15.4 Å². The molecule has 1 unspecified atom stereocenters. The Labute approximate surface area is 123 Å². The molecule has 1 heterocycles. The molecule has 2 N–H and O–H groups in total. The van der Waals surface area contributed by atoms with Crippen LogP contribution in [-0.4, -0.2) is 42.5 Å². The molecule has 1 aromatic carbocycles. The second-order valence-electron chi connectivity index (χ2n) is 5.65. The Morgan fingerprint density at radius 3 is 2.86 bits per heavy atom. The molecule has 1 aliphatic carbocycles. The van der Waals surface area contributed by atoms with E-state index in [-0.39, 0.29) is 18.4 Å². The van der Waals surface area contributed by atoms with E-state index in [2.05, 4.69) is 0 Å². The number of hydrogen-bond donors (Lipinski definition) is 1. The number of nitrogens with zero attached hydrogens (tertiary/aromatic N) is 2. The topological polar surface area (TPSA) is 75.9 Å². The summed E-state index contributed by atoms with van der Waals surface area (Å²) in [5.41, 5.74) is 6.91. The van der Waals surface area contributed by atoms with Crippen LogP contribution < -0.4 is 15.4 Å². The van der Waals surface area contributed by atoms with Gasteiger partial charge in [-0.15, -0.1) is 0 Å². The Morgan fingerprint density at radius 1 is 1.48 bits per heavy atom. The zero-order chi connectivity index (χ0) is 15.1. The maximum atomic E-state index is 12.3. The fourth-order valence-corrected chi connectivity index (χ4v) is 2.50. The van der Waals surface area contributed by atoms with Gasteiger partial charge in [0, 0.05) is 24.8 Å². The number of amides is 2. The van der Waals surface area contributed by atoms with Crippen LogP contribution in [0.15, 0.2) is 18.2 Å². The van der Waals surface area contributed by atoms with Crippen LogP contribution in [0.4, 0.5) is 11.4 Å². The number of fused-ring (bicyclic) bond motifs is 1. The van der Waals surface area contributed by atoms with Crippen molar-refractivity contribution in [3.8, 4) is 5.75 Å². The third kappa shape index (κ3) is 2.53. The van der Waals surface area contributed by atoms with Crippen LogP contribution in [-0.2, 0) is 9.59 Å². The molecule has 112 valence electrons. The van der Waals surface area contributed by atoms with Crippen LogP contribution in [0.2, 0.25) is 0 Å². The summed E-state index contributed by atoms with van der Waals surface area (Å²) in [5, 5.41) is 0. The van der Waals surface area contributed by atoms with Crippen molar-refractivity contribution in [2.24, 2.45) is 0 Å². The number of ether oxygens (including phenoxy) is 1. The number of nitrogen functional groups attached to an aromatic ring is 1. The SMILES string of the molecule is CC1Oc2cc(N)ccc2N(CC(=O)N(C)C2CC2)C1=O. The average molecular weight is 289 g/mol. The van der Waals surface area contributed by atoms with Gasteiger partial charge in [-0.1, -0.05) is 0 Å². The molecule has 2 amide bonds. The molecule has 0 spiro atoms. The molecule has 1 saturated carbocycles. The highest BCUT2D eigenvalue weighted by molar-refractivity contribution is 6.03. The van der Waals surface area contributed by atoms with Crippen molar-refractivity contribution in [3.05, 3.63) is 18.2 Å². The molecule has 1 fully saturated rings. The number of nitrogens with two attached hydrogens (primary N) is 1.